The van der Waals surface area contributed by atoms with E-state index >= 15 is 0 Å². The number of anilines is 1. The fourth-order valence-electron chi connectivity index (χ4n) is 3.56. The van der Waals surface area contributed by atoms with Crippen LogP contribution in [0, 0.1) is 0 Å². The number of hydrogen-bond acceptors (Lipinski definition) is 1. The molecule has 0 bridgehead atoms. The molecule has 0 spiro atoms. The fourth-order valence-corrected chi connectivity index (χ4v) is 3.56. The van der Waals surface area contributed by atoms with Crippen molar-refractivity contribution in [2.75, 3.05) is 4.81 Å². The van der Waals surface area contributed by atoms with Gasteiger partial charge in [-0.3, -0.25) is 0 Å². The van der Waals surface area contributed by atoms with E-state index in [0.717, 1.165) is 0 Å². The Bertz CT molecular complexity index is 955. The summed E-state index contributed by atoms with van der Waals surface area (Å²) >= 11 is 0. The third kappa shape index (κ3) is 1.61. The molecule has 0 N–H and O–H groups in total. The van der Waals surface area contributed by atoms with Gasteiger partial charge >= 0.3 is 6.85 Å². The number of rotatable bonds is 0. The normalized spacial score (nSPS) is 14.7. The molecule has 0 aromatic heterocycles. The molecule has 5 rings (SSSR count). The second kappa shape index (κ2) is 4.38. The van der Waals surface area contributed by atoms with Gasteiger partial charge in [-0.25, -0.2) is 0 Å². The number of hydrogen-bond donors (Lipinski definition) is 0. The Morgan fingerprint density at radius 3 is 2.41 bits per heavy atom. The summed E-state index contributed by atoms with van der Waals surface area (Å²) in [6.45, 7) is 0.301. The summed E-state index contributed by atoms with van der Waals surface area (Å²) in [6, 6.07) is 21.8. The molecule has 0 fully saturated rings. The Morgan fingerprint density at radius 2 is 1.50 bits per heavy atom. The van der Waals surface area contributed by atoms with Gasteiger partial charge < -0.3 is 4.81 Å². The van der Waals surface area contributed by atoms with Crippen molar-refractivity contribution >= 4 is 40.9 Å². The second-order valence-corrected chi connectivity index (χ2v) is 5.91. The van der Waals surface area contributed by atoms with Crippen LogP contribution in [0.2, 0.25) is 0 Å². The lowest BCUT2D eigenvalue weighted by molar-refractivity contribution is 1.37. The summed E-state index contributed by atoms with van der Waals surface area (Å²) in [5.41, 5.74) is 5.27. The first-order valence-electron chi connectivity index (χ1n) is 7.67. The van der Waals surface area contributed by atoms with Crippen molar-refractivity contribution in [2.45, 2.75) is 0 Å². The highest BCUT2D eigenvalue weighted by atomic mass is 15.1. The monoisotopic (exact) mass is 279 g/mol. The SMILES string of the molecule is C1=Cc2cc3ccccc3cc2N2C=Cc3ccccc3B12. The summed E-state index contributed by atoms with van der Waals surface area (Å²) in [6.07, 6.45) is 6.69. The second-order valence-electron chi connectivity index (χ2n) is 5.91. The van der Waals surface area contributed by atoms with Crippen LogP contribution in [0.25, 0.3) is 22.9 Å². The molecular weight excluding hydrogens is 265 g/mol. The fraction of sp³-hybridized carbons (Fsp3) is 0. The molecule has 0 aliphatic carbocycles. The maximum Gasteiger partial charge on any atom is 0.320 e. The molecule has 3 aromatic rings. The first-order chi connectivity index (χ1) is 10.9. The summed E-state index contributed by atoms with van der Waals surface area (Å²) in [5, 5.41) is 2.59. The maximum absolute atomic E-state index is 2.38. The van der Waals surface area contributed by atoms with Crippen LogP contribution in [0.15, 0.2) is 72.8 Å². The van der Waals surface area contributed by atoms with Crippen LogP contribution in [0.3, 0.4) is 0 Å². The van der Waals surface area contributed by atoms with Crippen LogP contribution in [0.5, 0.6) is 0 Å². The average molecular weight is 279 g/mol. The van der Waals surface area contributed by atoms with Gasteiger partial charge in [-0.2, -0.15) is 0 Å². The zero-order valence-corrected chi connectivity index (χ0v) is 12.1. The Morgan fingerprint density at radius 1 is 0.727 bits per heavy atom. The maximum atomic E-state index is 2.38. The Balaban J connectivity index is 1.73. The molecule has 2 aliphatic heterocycles. The smallest absolute Gasteiger partial charge is 0.320 e. The topological polar surface area (TPSA) is 3.24 Å². The lowest BCUT2D eigenvalue weighted by atomic mass is 9.50. The quantitative estimate of drug-likeness (QED) is 0.560. The molecule has 22 heavy (non-hydrogen) atoms. The summed E-state index contributed by atoms with van der Waals surface area (Å²) < 4.78 is 0. The van der Waals surface area contributed by atoms with E-state index in [-0.39, 0.29) is 0 Å². The van der Waals surface area contributed by atoms with Gasteiger partial charge in [0.05, 0.1) is 0 Å². The minimum Gasteiger partial charge on any atom is -0.383 e. The van der Waals surface area contributed by atoms with Crippen molar-refractivity contribution < 1.29 is 0 Å². The third-order valence-electron chi connectivity index (χ3n) is 4.66. The number of nitrogens with zero attached hydrogens (tertiary/aromatic N) is 1. The molecule has 3 aromatic carbocycles. The molecule has 2 heteroatoms. The van der Waals surface area contributed by atoms with Crippen molar-refractivity contribution in [2.24, 2.45) is 0 Å². The van der Waals surface area contributed by atoms with Crippen molar-refractivity contribution in [3.8, 4) is 0 Å². The van der Waals surface area contributed by atoms with E-state index in [9.17, 15) is 0 Å². The zero-order valence-electron chi connectivity index (χ0n) is 12.1. The number of fused-ring (bicyclic) bond motifs is 6. The lowest BCUT2D eigenvalue weighted by Gasteiger charge is -2.34. The molecule has 2 aliphatic rings. The number of benzene rings is 3. The predicted molar refractivity (Wildman–Crippen MR) is 96.3 cm³/mol. The Kier molecular flexibility index (Phi) is 2.36. The molecule has 0 atom stereocenters. The Labute approximate surface area is 130 Å². The first kappa shape index (κ1) is 11.9. The largest absolute Gasteiger partial charge is 0.383 e. The molecule has 0 unspecified atom stereocenters. The van der Waals surface area contributed by atoms with Crippen molar-refractivity contribution in [3.05, 3.63) is 84.0 Å². The van der Waals surface area contributed by atoms with Gasteiger partial charge in [-0.05, 0) is 51.8 Å². The van der Waals surface area contributed by atoms with Gasteiger partial charge in [0.25, 0.3) is 0 Å². The summed E-state index contributed by atoms with van der Waals surface area (Å²) in [5.74, 6) is 2.31. The van der Waals surface area contributed by atoms with Gasteiger partial charge in [-0.15, -0.1) is 0 Å². The van der Waals surface area contributed by atoms with E-state index in [0.29, 0.717) is 6.85 Å². The molecule has 2 heterocycles. The van der Waals surface area contributed by atoms with Crippen LogP contribution in [0.4, 0.5) is 5.69 Å². The predicted octanol–water partition coefficient (Wildman–Crippen LogP) is 4.10. The highest BCUT2D eigenvalue weighted by Gasteiger charge is 2.30. The molecule has 0 amide bonds. The van der Waals surface area contributed by atoms with Crippen LogP contribution < -0.4 is 10.3 Å². The Hall–Kier alpha value is -2.74. The summed E-state index contributed by atoms with van der Waals surface area (Å²) in [4.78, 5) is 2.38. The minimum absolute atomic E-state index is 0.301. The molecular formula is C20H14BN. The highest BCUT2D eigenvalue weighted by molar-refractivity contribution is 6.83. The van der Waals surface area contributed by atoms with Crippen molar-refractivity contribution in [1.29, 1.82) is 0 Å². The third-order valence-corrected chi connectivity index (χ3v) is 4.66. The molecule has 102 valence electrons. The van der Waals surface area contributed by atoms with Crippen LogP contribution in [-0.2, 0) is 0 Å². The molecule has 0 saturated carbocycles. The first-order valence-corrected chi connectivity index (χ1v) is 7.67. The zero-order chi connectivity index (χ0) is 14.5. The molecule has 0 radical (unpaired) electrons. The van der Waals surface area contributed by atoms with Gasteiger partial charge in [0.2, 0.25) is 0 Å². The average Bonchev–Trinajstić information content (AvgIpc) is 2.59. The van der Waals surface area contributed by atoms with E-state index in [2.05, 4.69) is 89.8 Å². The van der Waals surface area contributed by atoms with Crippen LogP contribution in [-0.4, -0.2) is 6.85 Å². The lowest BCUT2D eigenvalue weighted by Crippen LogP contribution is -2.48. The molecule has 0 saturated heterocycles. The highest BCUT2D eigenvalue weighted by Crippen LogP contribution is 2.33. The molecule has 1 nitrogen and oxygen atoms in total. The van der Waals surface area contributed by atoms with E-state index < -0.39 is 0 Å². The van der Waals surface area contributed by atoms with Crippen LogP contribution in [0.1, 0.15) is 11.1 Å². The van der Waals surface area contributed by atoms with Gasteiger partial charge in [0, 0.05) is 5.69 Å². The van der Waals surface area contributed by atoms with E-state index in [1.54, 1.807) is 0 Å². The standard InChI is InChI=1S/C20H14BN/c1-2-7-17-14-20-18(13-16(17)6-1)9-11-21-19-8-4-3-5-15(19)10-12-22(20)21/h1-14H. The van der Waals surface area contributed by atoms with Gasteiger partial charge in [0.15, 0.2) is 0 Å². The summed E-state index contributed by atoms with van der Waals surface area (Å²) in [7, 11) is 0. The van der Waals surface area contributed by atoms with Crippen molar-refractivity contribution in [3.63, 3.8) is 0 Å². The van der Waals surface area contributed by atoms with E-state index in [1.165, 1.54) is 33.0 Å². The minimum atomic E-state index is 0.301. The van der Waals surface area contributed by atoms with E-state index in [1.807, 2.05) is 0 Å². The van der Waals surface area contributed by atoms with Crippen LogP contribution >= 0.6 is 0 Å². The van der Waals surface area contributed by atoms with Gasteiger partial charge in [-0.1, -0.05) is 60.6 Å². The van der Waals surface area contributed by atoms with Crippen molar-refractivity contribution in [1.82, 2.24) is 0 Å². The van der Waals surface area contributed by atoms with Gasteiger partial charge in [0.1, 0.15) is 0 Å². The van der Waals surface area contributed by atoms with E-state index in [4.69, 9.17) is 0 Å².